The number of nitrogens with one attached hydrogen (secondary N) is 1. The number of carbonyl (C=O) groups excluding carboxylic acids is 1. The molecule has 1 amide bonds. The first-order valence-electron chi connectivity index (χ1n) is 8.65. The predicted molar refractivity (Wildman–Crippen MR) is 91.1 cm³/mol. The van der Waals surface area contributed by atoms with Crippen molar-refractivity contribution in [2.24, 2.45) is 5.92 Å². The molecule has 0 spiro atoms. The second kappa shape index (κ2) is 6.99. The molecule has 0 radical (unpaired) electrons. The Morgan fingerprint density at radius 2 is 1.91 bits per heavy atom. The van der Waals surface area contributed by atoms with Gasteiger partial charge in [-0.25, -0.2) is 0 Å². The third-order valence-corrected chi connectivity index (χ3v) is 4.90. The number of hydrogen-bond donors (Lipinski definition) is 1. The van der Waals surface area contributed by atoms with Crippen LogP contribution in [0.25, 0.3) is 10.9 Å². The van der Waals surface area contributed by atoms with E-state index in [9.17, 15) is 4.79 Å². The number of fused-ring (bicyclic) bond motifs is 1. The van der Waals surface area contributed by atoms with Gasteiger partial charge in [0.25, 0.3) is 5.91 Å². The predicted octanol–water partition coefficient (Wildman–Crippen LogP) is 4.36. The van der Waals surface area contributed by atoms with Crippen LogP contribution in [-0.2, 0) is 6.54 Å². The van der Waals surface area contributed by atoms with E-state index in [4.69, 9.17) is 0 Å². The third-order valence-electron chi connectivity index (χ3n) is 4.90. The van der Waals surface area contributed by atoms with Crippen molar-refractivity contribution < 1.29 is 4.79 Å². The number of para-hydroxylation sites is 1. The van der Waals surface area contributed by atoms with E-state index >= 15 is 0 Å². The molecule has 1 N–H and O–H groups in total. The average molecular weight is 298 g/mol. The Morgan fingerprint density at radius 3 is 2.64 bits per heavy atom. The topological polar surface area (TPSA) is 34.0 Å². The van der Waals surface area contributed by atoms with Gasteiger partial charge in [-0.05, 0) is 31.7 Å². The van der Waals surface area contributed by atoms with Gasteiger partial charge in [0.05, 0.1) is 5.56 Å². The first-order valence-corrected chi connectivity index (χ1v) is 8.65. The van der Waals surface area contributed by atoms with E-state index in [1.807, 2.05) is 24.4 Å². The summed E-state index contributed by atoms with van der Waals surface area (Å²) < 4.78 is 2.15. The fourth-order valence-corrected chi connectivity index (χ4v) is 3.59. The monoisotopic (exact) mass is 298 g/mol. The van der Waals surface area contributed by atoms with Gasteiger partial charge in [0.15, 0.2) is 0 Å². The van der Waals surface area contributed by atoms with Gasteiger partial charge < -0.3 is 9.88 Å². The Bertz CT molecular complexity index is 636. The molecule has 1 aliphatic carbocycles. The molecule has 0 unspecified atom stereocenters. The maximum atomic E-state index is 12.6. The lowest BCUT2D eigenvalue weighted by atomic mass is 10.0. The summed E-state index contributed by atoms with van der Waals surface area (Å²) in [6.07, 6.45) is 9.86. The molecule has 1 aromatic heterocycles. The van der Waals surface area contributed by atoms with Crippen LogP contribution in [-0.4, -0.2) is 17.0 Å². The summed E-state index contributed by atoms with van der Waals surface area (Å²) in [5.41, 5.74) is 1.95. The van der Waals surface area contributed by atoms with Gasteiger partial charge in [0.2, 0.25) is 0 Å². The Labute approximate surface area is 132 Å². The number of benzene rings is 1. The van der Waals surface area contributed by atoms with Crippen molar-refractivity contribution in [2.75, 3.05) is 6.54 Å². The van der Waals surface area contributed by atoms with E-state index in [2.05, 4.69) is 22.9 Å². The fraction of sp³-hybridized carbons (Fsp3) is 0.526. The van der Waals surface area contributed by atoms with Crippen LogP contribution in [0.1, 0.15) is 55.8 Å². The van der Waals surface area contributed by atoms with Crippen LogP contribution in [0, 0.1) is 5.92 Å². The van der Waals surface area contributed by atoms with Gasteiger partial charge in [-0.3, -0.25) is 4.79 Å². The standard InChI is InChI=1S/C19H26N2O/c1-2-21-14-17(16-11-7-8-12-18(16)21)19(22)20-13-15-9-5-3-4-6-10-15/h7-8,11-12,14-15H,2-6,9-10,13H2,1H3,(H,20,22). The van der Waals surface area contributed by atoms with Crippen molar-refractivity contribution in [1.29, 1.82) is 0 Å². The smallest absolute Gasteiger partial charge is 0.253 e. The molecule has 0 saturated heterocycles. The second-order valence-electron chi connectivity index (χ2n) is 6.41. The molecule has 1 aliphatic rings. The minimum Gasteiger partial charge on any atom is -0.352 e. The molecule has 0 bridgehead atoms. The number of nitrogens with zero attached hydrogens (tertiary/aromatic N) is 1. The number of aryl methyl sites for hydroxylation is 1. The minimum atomic E-state index is 0.0765. The highest BCUT2D eigenvalue weighted by Gasteiger charge is 2.17. The molecule has 3 heteroatoms. The maximum Gasteiger partial charge on any atom is 0.253 e. The quantitative estimate of drug-likeness (QED) is 0.836. The number of hydrogen-bond acceptors (Lipinski definition) is 1. The molecule has 1 heterocycles. The molecule has 3 nitrogen and oxygen atoms in total. The highest BCUT2D eigenvalue weighted by Crippen LogP contribution is 2.23. The summed E-state index contributed by atoms with van der Waals surface area (Å²) in [6.45, 7) is 3.82. The zero-order chi connectivity index (χ0) is 15.4. The van der Waals surface area contributed by atoms with Crippen LogP contribution >= 0.6 is 0 Å². The van der Waals surface area contributed by atoms with Crippen molar-refractivity contribution >= 4 is 16.8 Å². The lowest BCUT2D eigenvalue weighted by molar-refractivity contribution is 0.0947. The van der Waals surface area contributed by atoms with Crippen LogP contribution in [0.4, 0.5) is 0 Å². The number of amides is 1. The molecule has 22 heavy (non-hydrogen) atoms. The van der Waals surface area contributed by atoms with Gasteiger partial charge in [0.1, 0.15) is 0 Å². The van der Waals surface area contributed by atoms with E-state index in [0.717, 1.165) is 29.6 Å². The van der Waals surface area contributed by atoms with E-state index in [1.165, 1.54) is 38.5 Å². The van der Waals surface area contributed by atoms with Gasteiger partial charge in [-0.15, -0.1) is 0 Å². The largest absolute Gasteiger partial charge is 0.352 e. The highest BCUT2D eigenvalue weighted by molar-refractivity contribution is 6.07. The van der Waals surface area contributed by atoms with Crippen LogP contribution in [0.15, 0.2) is 30.5 Å². The maximum absolute atomic E-state index is 12.6. The van der Waals surface area contributed by atoms with Crippen LogP contribution in [0.5, 0.6) is 0 Å². The molecule has 1 saturated carbocycles. The molecule has 3 rings (SSSR count). The van der Waals surface area contributed by atoms with Crippen molar-refractivity contribution in [2.45, 2.75) is 52.0 Å². The van der Waals surface area contributed by atoms with Gasteiger partial charge in [-0.2, -0.15) is 0 Å². The van der Waals surface area contributed by atoms with Crippen LogP contribution in [0.2, 0.25) is 0 Å². The van der Waals surface area contributed by atoms with Gasteiger partial charge >= 0.3 is 0 Å². The van der Waals surface area contributed by atoms with E-state index in [0.29, 0.717) is 5.92 Å². The number of rotatable bonds is 4. The summed E-state index contributed by atoms with van der Waals surface area (Å²) in [4.78, 5) is 12.6. The molecule has 118 valence electrons. The summed E-state index contributed by atoms with van der Waals surface area (Å²) in [7, 11) is 0. The molecule has 0 atom stereocenters. The number of carbonyl (C=O) groups is 1. The average Bonchev–Trinajstić information content (AvgIpc) is 2.73. The van der Waals surface area contributed by atoms with Gasteiger partial charge in [-0.1, -0.05) is 43.9 Å². The second-order valence-corrected chi connectivity index (χ2v) is 6.41. The van der Waals surface area contributed by atoms with Gasteiger partial charge in [0, 0.05) is 30.2 Å². The zero-order valence-electron chi connectivity index (χ0n) is 13.5. The Kier molecular flexibility index (Phi) is 4.81. The van der Waals surface area contributed by atoms with E-state index in [1.54, 1.807) is 0 Å². The lowest BCUT2D eigenvalue weighted by Crippen LogP contribution is -2.29. The molecular formula is C19H26N2O. The van der Waals surface area contributed by atoms with Crippen molar-refractivity contribution in [3.05, 3.63) is 36.0 Å². The Balaban J connectivity index is 1.72. The van der Waals surface area contributed by atoms with E-state index < -0.39 is 0 Å². The molecule has 0 aliphatic heterocycles. The fourth-order valence-electron chi connectivity index (χ4n) is 3.59. The summed E-state index contributed by atoms with van der Waals surface area (Å²) in [5.74, 6) is 0.735. The van der Waals surface area contributed by atoms with Crippen molar-refractivity contribution in [1.82, 2.24) is 9.88 Å². The highest BCUT2D eigenvalue weighted by atomic mass is 16.1. The molecule has 1 aromatic carbocycles. The van der Waals surface area contributed by atoms with Crippen molar-refractivity contribution in [3.8, 4) is 0 Å². The van der Waals surface area contributed by atoms with Crippen molar-refractivity contribution in [3.63, 3.8) is 0 Å². The third kappa shape index (κ3) is 3.18. The first kappa shape index (κ1) is 15.1. The summed E-state index contributed by atoms with van der Waals surface area (Å²) >= 11 is 0. The Hall–Kier alpha value is -1.77. The first-order chi connectivity index (χ1) is 10.8. The zero-order valence-corrected chi connectivity index (χ0v) is 13.5. The van der Waals surface area contributed by atoms with Crippen LogP contribution in [0.3, 0.4) is 0 Å². The Morgan fingerprint density at radius 1 is 1.18 bits per heavy atom. The molecule has 1 fully saturated rings. The molecular weight excluding hydrogens is 272 g/mol. The van der Waals surface area contributed by atoms with E-state index in [-0.39, 0.29) is 5.91 Å². The molecule has 2 aromatic rings. The SMILES string of the molecule is CCn1cc(C(=O)NCC2CCCCCC2)c2ccccc21. The summed E-state index contributed by atoms with van der Waals surface area (Å²) in [5, 5.41) is 4.23. The lowest BCUT2D eigenvalue weighted by Gasteiger charge is -2.14. The minimum absolute atomic E-state index is 0.0765. The normalized spacial score (nSPS) is 16.6. The summed E-state index contributed by atoms with van der Waals surface area (Å²) in [6, 6.07) is 8.16. The van der Waals surface area contributed by atoms with Crippen LogP contribution < -0.4 is 5.32 Å². The number of aromatic nitrogens is 1.